The first-order valence-corrected chi connectivity index (χ1v) is 14.7. The molecule has 2 amide bonds. The highest BCUT2D eigenvalue weighted by atomic mass is 16.5. The molecule has 1 aromatic heterocycles. The van der Waals surface area contributed by atoms with Crippen LogP contribution >= 0.6 is 0 Å². The van der Waals surface area contributed by atoms with Crippen LogP contribution in [0.5, 0.6) is 5.75 Å². The fraction of sp³-hybridized carbons (Fsp3) is 0.567. The summed E-state index contributed by atoms with van der Waals surface area (Å²) in [5.41, 5.74) is 2.40. The van der Waals surface area contributed by atoms with E-state index in [0.717, 1.165) is 88.4 Å². The van der Waals surface area contributed by atoms with Gasteiger partial charge in [0.25, 0.3) is 0 Å². The lowest BCUT2D eigenvalue weighted by atomic mass is 10.1. The van der Waals surface area contributed by atoms with Crippen LogP contribution in [0.3, 0.4) is 0 Å². The SMILES string of the molecule is O=C(NC1CCNCC1)NC(CCN(CCCCc1ccc2c(n1)NCCC2)CCOc1ccccc1)C(=O)O. The normalized spacial score (nSPS) is 16.0. The van der Waals surface area contributed by atoms with E-state index in [4.69, 9.17) is 9.72 Å². The molecule has 40 heavy (non-hydrogen) atoms. The number of carboxylic acids is 1. The van der Waals surface area contributed by atoms with E-state index in [0.29, 0.717) is 26.1 Å². The molecule has 0 bridgehead atoms. The lowest BCUT2D eigenvalue weighted by Gasteiger charge is -2.26. The molecule has 0 spiro atoms. The Balaban J connectivity index is 1.25. The van der Waals surface area contributed by atoms with Crippen LogP contribution in [0.4, 0.5) is 10.6 Å². The first-order valence-electron chi connectivity index (χ1n) is 14.7. The Morgan fingerprint density at radius 2 is 1.88 bits per heavy atom. The van der Waals surface area contributed by atoms with Gasteiger partial charge in [-0.25, -0.2) is 14.6 Å². The predicted molar refractivity (Wildman–Crippen MR) is 156 cm³/mol. The van der Waals surface area contributed by atoms with Gasteiger partial charge >= 0.3 is 12.0 Å². The Hall–Kier alpha value is -3.37. The number of hydrogen-bond acceptors (Lipinski definition) is 7. The van der Waals surface area contributed by atoms with Crippen molar-refractivity contribution < 1.29 is 19.4 Å². The first kappa shape index (κ1) is 29.6. The molecular formula is C30H44N6O4. The number of aromatic nitrogens is 1. The van der Waals surface area contributed by atoms with Gasteiger partial charge in [0.2, 0.25) is 0 Å². The second kappa shape index (κ2) is 16.0. The molecule has 10 heteroatoms. The Labute approximate surface area is 237 Å². The minimum absolute atomic E-state index is 0.0720. The monoisotopic (exact) mass is 552 g/mol. The lowest BCUT2D eigenvalue weighted by molar-refractivity contribution is -0.139. The smallest absolute Gasteiger partial charge is 0.326 e. The Bertz CT molecular complexity index is 1060. The number of hydrogen-bond donors (Lipinski definition) is 5. The molecular weight excluding hydrogens is 508 g/mol. The number of nitrogens with zero attached hydrogens (tertiary/aromatic N) is 2. The molecule has 2 aliphatic rings. The molecule has 1 saturated heterocycles. The number of fused-ring (bicyclic) bond motifs is 1. The van der Waals surface area contributed by atoms with Gasteiger partial charge in [-0.05, 0) is 94.8 Å². The van der Waals surface area contributed by atoms with Gasteiger partial charge in [0.15, 0.2) is 0 Å². The number of amides is 2. The largest absolute Gasteiger partial charge is 0.492 e. The lowest BCUT2D eigenvalue weighted by Crippen LogP contribution is -2.52. The van der Waals surface area contributed by atoms with E-state index in [1.807, 2.05) is 30.3 Å². The van der Waals surface area contributed by atoms with Gasteiger partial charge in [0.05, 0.1) is 0 Å². The van der Waals surface area contributed by atoms with Gasteiger partial charge < -0.3 is 31.1 Å². The van der Waals surface area contributed by atoms with Crippen molar-refractivity contribution in [3.63, 3.8) is 0 Å². The summed E-state index contributed by atoms with van der Waals surface area (Å²) < 4.78 is 5.91. The average molecular weight is 553 g/mol. The number of urea groups is 1. The fourth-order valence-electron chi connectivity index (χ4n) is 5.21. The van der Waals surface area contributed by atoms with Crippen LogP contribution in [0.25, 0.3) is 0 Å². The molecule has 0 aliphatic carbocycles. The number of pyridine rings is 1. The maximum Gasteiger partial charge on any atom is 0.326 e. The van der Waals surface area contributed by atoms with Gasteiger partial charge in [0.1, 0.15) is 24.2 Å². The van der Waals surface area contributed by atoms with E-state index < -0.39 is 18.0 Å². The second-order valence-electron chi connectivity index (χ2n) is 10.6. The Kier molecular flexibility index (Phi) is 11.9. The number of carbonyl (C=O) groups excluding carboxylic acids is 1. The number of aryl methyl sites for hydroxylation is 2. The average Bonchev–Trinajstić information content (AvgIpc) is 2.97. The summed E-state index contributed by atoms with van der Waals surface area (Å²) in [6.07, 6.45) is 7.09. The highest BCUT2D eigenvalue weighted by molar-refractivity contribution is 5.82. The number of nitrogens with one attached hydrogen (secondary N) is 4. The molecule has 1 aromatic carbocycles. The van der Waals surface area contributed by atoms with Crippen molar-refractivity contribution in [2.45, 2.75) is 63.5 Å². The van der Waals surface area contributed by atoms with Crippen LogP contribution in [0.1, 0.15) is 49.8 Å². The Morgan fingerprint density at radius 3 is 2.67 bits per heavy atom. The molecule has 0 radical (unpaired) electrons. The molecule has 3 heterocycles. The zero-order valence-electron chi connectivity index (χ0n) is 23.4. The highest BCUT2D eigenvalue weighted by Crippen LogP contribution is 2.20. The van der Waals surface area contributed by atoms with E-state index >= 15 is 0 Å². The number of carboxylic acid groups (broad SMARTS) is 1. The van der Waals surface area contributed by atoms with Gasteiger partial charge in [-0.1, -0.05) is 24.3 Å². The van der Waals surface area contributed by atoms with Crippen LogP contribution in [0.2, 0.25) is 0 Å². The third kappa shape index (κ3) is 9.98. The summed E-state index contributed by atoms with van der Waals surface area (Å²) in [5, 5.41) is 22.0. The number of unbranched alkanes of at least 4 members (excludes halogenated alkanes) is 1. The first-order chi connectivity index (χ1) is 19.6. The van der Waals surface area contributed by atoms with Crippen molar-refractivity contribution in [2.24, 2.45) is 0 Å². The summed E-state index contributed by atoms with van der Waals surface area (Å²) in [7, 11) is 0. The zero-order chi connectivity index (χ0) is 28.0. The van der Waals surface area contributed by atoms with Crippen LogP contribution < -0.4 is 26.0 Å². The molecule has 5 N–H and O–H groups in total. The number of para-hydroxylation sites is 1. The molecule has 4 rings (SSSR count). The summed E-state index contributed by atoms with van der Waals surface area (Å²) in [4.78, 5) is 31.5. The van der Waals surface area contributed by atoms with E-state index in [1.165, 1.54) is 5.56 Å². The molecule has 1 unspecified atom stereocenters. The van der Waals surface area contributed by atoms with Gasteiger partial charge in [0, 0.05) is 31.4 Å². The summed E-state index contributed by atoms with van der Waals surface area (Å²) in [5.74, 6) is 0.821. The van der Waals surface area contributed by atoms with Gasteiger partial charge in [-0.3, -0.25) is 4.90 Å². The Morgan fingerprint density at radius 1 is 1.05 bits per heavy atom. The number of piperidine rings is 1. The van der Waals surface area contributed by atoms with Crippen molar-refractivity contribution in [1.29, 1.82) is 0 Å². The van der Waals surface area contributed by atoms with E-state index in [1.54, 1.807) is 0 Å². The third-order valence-corrected chi connectivity index (χ3v) is 7.54. The fourth-order valence-corrected chi connectivity index (χ4v) is 5.21. The van der Waals surface area contributed by atoms with Crippen molar-refractivity contribution in [2.75, 3.05) is 51.2 Å². The number of anilines is 1. The van der Waals surface area contributed by atoms with Crippen molar-refractivity contribution in [3.8, 4) is 5.75 Å². The van der Waals surface area contributed by atoms with E-state index in [-0.39, 0.29) is 6.04 Å². The van der Waals surface area contributed by atoms with Gasteiger partial charge in [-0.2, -0.15) is 0 Å². The quantitative estimate of drug-likeness (QED) is 0.213. The van der Waals surface area contributed by atoms with Gasteiger partial charge in [-0.15, -0.1) is 0 Å². The molecule has 10 nitrogen and oxygen atoms in total. The maximum absolute atomic E-state index is 12.5. The zero-order valence-corrected chi connectivity index (χ0v) is 23.4. The second-order valence-corrected chi connectivity index (χ2v) is 10.6. The number of benzene rings is 1. The van der Waals surface area contributed by atoms with Crippen LogP contribution in [-0.2, 0) is 17.6 Å². The van der Waals surface area contributed by atoms with E-state index in [9.17, 15) is 14.7 Å². The van der Waals surface area contributed by atoms with Crippen LogP contribution in [-0.4, -0.2) is 84.9 Å². The summed E-state index contributed by atoms with van der Waals surface area (Å²) in [6, 6.07) is 12.7. The number of aliphatic carboxylic acids is 1. The number of carbonyl (C=O) groups is 2. The molecule has 1 fully saturated rings. The number of ether oxygens (including phenoxy) is 1. The van der Waals surface area contributed by atoms with Crippen LogP contribution in [0.15, 0.2) is 42.5 Å². The summed E-state index contributed by atoms with van der Waals surface area (Å²) >= 11 is 0. The van der Waals surface area contributed by atoms with Crippen molar-refractivity contribution >= 4 is 17.8 Å². The van der Waals surface area contributed by atoms with Crippen molar-refractivity contribution in [1.82, 2.24) is 25.8 Å². The van der Waals surface area contributed by atoms with E-state index in [2.05, 4.69) is 38.3 Å². The molecule has 1 atom stereocenters. The predicted octanol–water partition coefficient (Wildman–Crippen LogP) is 3.04. The molecule has 0 saturated carbocycles. The molecule has 2 aromatic rings. The third-order valence-electron chi connectivity index (χ3n) is 7.54. The minimum atomic E-state index is -1.02. The van der Waals surface area contributed by atoms with Crippen LogP contribution in [0, 0.1) is 0 Å². The topological polar surface area (TPSA) is 128 Å². The minimum Gasteiger partial charge on any atom is -0.492 e. The molecule has 218 valence electrons. The number of rotatable bonds is 15. The maximum atomic E-state index is 12.5. The molecule has 2 aliphatic heterocycles. The van der Waals surface area contributed by atoms with Crippen molar-refractivity contribution in [3.05, 3.63) is 53.7 Å². The summed E-state index contributed by atoms with van der Waals surface area (Å²) in [6.45, 7) is 5.22. The standard InChI is InChI=1S/C30H44N6O4/c37-29(38)27(35-30(39)34-25-13-17-31-18-14-25)15-20-36(21-22-40-26-9-2-1-3-10-26)19-5-4-8-24-12-11-23-7-6-16-32-28(23)33-24/h1-3,9-12,25,27,31H,4-8,13-22H2,(H,32,33)(H,37,38)(H2,34,35,39). The highest BCUT2D eigenvalue weighted by Gasteiger charge is 2.23.